The molecule has 0 heterocycles. The molecule has 2 aromatic rings. The lowest BCUT2D eigenvalue weighted by Gasteiger charge is -2.06. The molecule has 0 bridgehead atoms. The maximum Gasteiger partial charge on any atom is 0.343 e. The fourth-order valence-electron chi connectivity index (χ4n) is 1.89. The van der Waals surface area contributed by atoms with Crippen molar-refractivity contribution in [2.75, 3.05) is 7.11 Å². The third kappa shape index (κ3) is 4.21. The summed E-state index contributed by atoms with van der Waals surface area (Å²) in [6, 6.07) is 14.4. The molecule has 0 unspecified atom stereocenters. The third-order valence-corrected chi connectivity index (χ3v) is 3.10. The number of benzene rings is 2. The topological polar surface area (TPSA) is 35.5 Å². The number of carbonyl (C=O) groups is 1. The van der Waals surface area contributed by atoms with E-state index in [0.717, 1.165) is 18.6 Å². The highest BCUT2D eigenvalue weighted by atomic mass is 16.5. The van der Waals surface area contributed by atoms with E-state index in [1.54, 1.807) is 43.5 Å². The minimum Gasteiger partial charge on any atom is -0.497 e. The Bertz CT molecular complexity index is 597. The first-order chi connectivity index (χ1) is 10.2. The highest BCUT2D eigenvalue weighted by molar-refractivity contribution is 5.91. The Morgan fingerprint density at radius 1 is 1.05 bits per heavy atom. The van der Waals surface area contributed by atoms with E-state index in [1.807, 2.05) is 18.2 Å². The quantitative estimate of drug-likeness (QED) is 0.456. The van der Waals surface area contributed by atoms with Crippen LogP contribution >= 0.6 is 0 Å². The van der Waals surface area contributed by atoms with E-state index < -0.39 is 0 Å². The van der Waals surface area contributed by atoms with E-state index in [9.17, 15) is 4.79 Å². The molecule has 0 spiro atoms. The Balaban J connectivity index is 2.00. The predicted octanol–water partition coefficient (Wildman–Crippen LogP) is 4.03. The Kier molecular flexibility index (Phi) is 5.16. The van der Waals surface area contributed by atoms with Crippen molar-refractivity contribution in [1.29, 1.82) is 0 Å². The summed E-state index contributed by atoms with van der Waals surface area (Å²) in [7, 11) is 1.59. The molecule has 21 heavy (non-hydrogen) atoms. The van der Waals surface area contributed by atoms with Gasteiger partial charge in [0.25, 0.3) is 0 Å². The summed E-state index contributed by atoms with van der Waals surface area (Å²) >= 11 is 0. The Labute approximate surface area is 124 Å². The minimum absolute atomic E-state index is 0.365. The summed E-state index contributed by atoms with van der Waals surface area (Å²) in [6.07, 6.45) is 3.73. The van der Waals surface area contributed by atoms with E-state index in [2.05, 4.69) is 6.58 Å². The number of esters is 1. The molecule has 0 aliphatic rings. The lowest BCUT2D eigenvalue weighted by atomic mass is 10.1. The molecule has 108 valence electrons. The zero-order valence-corrected chi connectivity index (χ0v) is 12.0. The van der Waals surface area contributed by atoms with Gasteiger partial charge in [0.1, 0.15) is 11.5 Å². The number of rotatable bonds is 6. The summed E-state index contributed by atoms with van der Waals surface area (Å²) < 4.78 is 10.4. The molecular formula is C18H18O3. The lowest BCUT2D eigenvalue weighted by Crippen LogP contribution is -2.08. The summed E-state index contributed by atoms with van der Waals surface area (Å²) in [4.78, 5) is 12.0. The summed E-state index contributed by atoms with van der Waals surface area (Å²) in [5, 5.41) is 0. The molecule has 0 radical (unpaired) electrons. The number of hydrogen-bond acceptors (Lipinski definition) is 3. The second-order valence-electron chi connectivity index (χ2n) is 4.59. The van der Waals surface area contributed by atoms with Crippen LogP contribution in [0.1, 0.15) is 22.3 Å². The highest BCUT2D eigenvalue weighted by Crippen LogP contribution is 2.18. The van der Waals surface area contributed by atoms with Gasteiger partial charge in [-0.15, -0.1) is 6.58 Å². The van der Waals surface area contributed by atoms with Gasteiger partial charge in [0.05, 0.1) is 12.7 Å². The van der Waals surface area contributed by atoms with Crippen molar-refractivity contribution in [3.8, 4) is 11.5 Å². The monoisotopic (exact) mass is 282 g/mol. The van der Waals surface area contributed by atoms with Crippen LogP contribution in [0.25, 0.3) is 0 Å². The first-order valence-electron chi connectivity index (χ1n) is 6.79. The molecule has 0 N–H and O–H groups in total. The number of allylic oxidation sites excluding steroid dienone is 1. The first kappa shape index (κ1) is 14.9. The zero-order chi connectivity index (χ0) is 15.1. The molecule has 0 aromatic heterocycles. The maximum absolute atomic E-state index is 12.0. The second kappa shape index (κ2) is 7.29. The summed E-state index contributed by atoms with van der Waals surface area (Å²) in [6.45, 7) is 3.70. The van der Waals surface area contributed by atoms with E-state index in [0.29, 0.717) is 11.3 Å². The molecule has 2 rings (SSSR count). The van der Waals surface area contributed by atoms with Gasteiger partial charge in [0.2, 0.25) is 0 Å². The molecule has 0 amide bonds. The molecule has 0 fully saturated rings. The normalized spacial score (nSPS) is 9.95. The van der Waals surface area contributed by atoms with Gasteiger partial charge in [-0.3, -0.25) is 0 Å². The van der Waals surface area contributed by atoms with Crippen LogP contribution in [-0.4, -0.2) is 13.1 Å². The molecular weight excluding hydrogens is 264 g/mol. The standard InChI is InChI=1S/C18H18O3/c1-3-4-5-14-6-8-15(9-7-14)18(19)21-17-12-10-16(20-2)11-13-17/h3,6-13H,1,4-5H2,2H3. The van der Waals surface area contributed by atoms with Gasteiger partial charge in [-0.2, -0.15) is 0 Å². The smallest absolute Gasteiger partial charge is 0.343 e. The first-order valence-corrected chi connectivity index (χ1v) is 6.79. The molecule has 3 heteroatoms. The van der Waals surface area contributed by atoms with Crippen LogP contribution in [0, 0.1) is 0 Å². The van der Waals surface area contributed by atoms with Crippen LogP contribution in [0.4, 0.5) is 0 Å². The fourth-order valence-corrected chi connectivity index (χ4v) is 1.89. The Morgan fingerprint density at radius 2 is 1.67 bits per heavy atom. The lowest BCUT2D eigenvalue weighted by molar-refractivity contribution is 0.0734. The molecule has 0 aliphatic heterocycles. The van der Waals surface area contributed by atoms with Gasteiger partial charge in [-0.25, -0.2) is 4.79 Å². The van der Waals surface area contributed by atoms with Crippen molar-refractivity contribution in [2.45, 2.75) is 12.8 Å². The average Bonchev–Trinajstić information content (AvgIpc) is 2.54. The number of hydrogen-bond donors (Lipinski definition) is 0. The summed E-state index contributed by atoms with van der Waals surface area (Å²) in [5.74, 6) is 0.855. The highest BCUT2D eigenvalue weighted by Gasteiger charge is 2.08. The number of ether oxygens (including phenoxy) is 2. The maximum atomic E-state index is 12.0. The Morgan fingerprint density at radius 3 is 2.24 bits per heavy atom. The van der Waals surface area contributed by atoms with Crippen LogP contribution in [0.5, 0.6) is 11.5 Å². The molecule has 0 aliphatic carbocycles. The van der Waals surface area contributed by atoms with Crippen LogP contribution in [0.15, 0.2) is 61.2 Å². The van der Waals surface area contributed by atoms with Gasteiger partial charge in [-0.1, -0.05) is 18.2 Å². The number of carbonyl (C=O) groups excluding carboxylic acids is 1. The van der Waals surface area contributed by atoms with Gasteiger partial charge in [0.15, 0.2) is 0 Å². The van der Waals surface area contributed by atoms with Crippen molar-refractivity contribution < 1.29 is 14.3 Å². The SMILES string of the molecule is C=CCCc1ccc(C(=O)Oc2ccc(OC)cc2)cc1. The van der Waals surface area contributed by atoms with Crippen molar-refractivity contribution >= 4 is 5.97 Å². The van der Waals surface area contributed by atoms with Crippen molar-refractivity contribution in [2.24, 2.45) is 0 Å². The zero-order valence-electron chi connectivity index (χ0n) is 12.0. The average molecular weight is 282 g/mol. The minimum atomic E-state index is -0.365. The van der Waals surface area contributed by atoms with E-state index in [4.69, 9.17) is 9.47 Å². The van der Waals surface area contributed by atoms with Crippen LogP contribution in [0.2, 0.25) is 0 Å². The predicted molar refractivity (Wildman–Crippen MR) is 82.9 cm³/mol. The fraction of sp³-hybridized carbons (Fsp3) is 0.167. The summed E-state index contributed by atoms with van der Waals surface area (Å²) in [5.41, 5.74) is 1.71. The molecule has 0 saturated heterocycles. The number of methoxy groups -OCH3 is 1. The number of aryl methyl sites for hydroxylation is 1. The third-order valence-electron chi connectivity index (χ3n) is 3.10. The van der Waals surface area contributed by atoms with Crippen LogP contribution in [0.3, 0.4) is 0 Å². The van der Waals surface area contributed by atoms with Crippen molar-refractivity contribution in [1.82, 2.24) is 0 Å². The van der Waals surface area contributed by atoms with Crippen LogP contribution in [-0.2, 0) is 6.42 Å². The largest absolute Gasteiger partial charge is 0.497 e. The van der Waals surface area contributed by atoms with E-state index >= 15 is 0 Å². The molecule has 0 atom stereocenters. The van der Waals surface area contributed by atoms with Crippen molar-refractivity contribution in [3.63, 3.8) is 0 Å². The van der Waals surface area contributed by atoms with E-state index in [1.165, 1.54) is 5.56 Å². The molecule has 2 aromatic carbocycles. The van der Waals surface area contributed by atoms with Gasteiger partial charge < -0.3 is 9.47 Å². The van der Waals surface area contributed by atoms with Crippen LogP contribution < -0.4 is 9.47 Å². The van der Waals surface area contributed by atoms with Gasteiger partial charge in [0, 0.05) is 0 Å². The molecule has 3 nitrogen and oxygen atoms in total. The van der Waals surface area contributed by atoms with Crippen molar-refractivity contribution in [3.05, 3.63) is 72.3 Å². The molecule has 0 saturated carbocycles. The Hall–Kier alpha value is -2.55. The van der Waals surface area contributed by atoms with E-state index in [-0.39, 0.29) is 5.97 Å². The van der Waals surface area contributed by atoms with Gasteiger partial charge >= 0.3 is 5.97 Å². The van der Waals surface area contributed by atoms with Gasteiger partial charge in [-0.05, 0) is 54.8 Å². The second-order valence-corrected chi connectivity index (χ2v) is 4.59.